The molecule has 9 heteroatoms. The van der Waals surface area contributed by atoms with E-state index in [1.807, 2.05) is 0 Å². The summed E-state index contributed by atoms with van der Waals surface area (Å²) in [6.07, 6.45) is 1.60. The molecule has 0 radical (unpaired) electrons. The molecule has 0 aliphatic rings. The summed E-state index contributed by atoms with van der Waals surface area (Å²) in [5.74, 6) is 0.0790. The quantitative estimate of drug-likeness (QED) is 0.542. The molecule has 0 amide bonds. The van der Waals surface area contributed by atoms with Gasteiger partial charge in [-0.15, -0.1) is 0 Å². The smallest absolute Gasteiger partial charge is 0.330 e. The van der Waals surface area contributed by atoms with E-state index >= 15 is 0 Å². The maximum absolute atomic E-state index is 11.8. The second-order valence-electron chi connectivity index (χ2n) is 4.10. The number of nitrogen functional groups attached to an aromatic ring is 1. The van der Waals surface area contributed by atoms with E-state index in [2.05, 4.69) is 20.5 Å². The minimum Gasteiger partial charge on any atom is -0.383 e. The van der Waals surface area contributed by atoms with Crippen molar-refractivity contribution in [2.45, 2.75) is 13.1 Å². The van der Waals surface area contributed by atoms with E-state index in [1.165, 1.54) is 11.7 Å². The number of H-pyrrole nitrogens is 2. The second-order valence-corrected chi connectivity index (χ2v) is 4.10. The van der Waals surface area contributed by atoms with Crippen LogP contribution in [0.5, 0.6) is 0 Å². The van der Waals surface area contributed by atoms with Crippen LogP contribution in [0.1, 0.15) is 5.69 Å². The Balaban J connectivity index is 2.27. The molecule has 0 saturated heterocycles. The third kappa shape index (κ3) is 2.88. The van der Waals surface area contributed by atoms with Gasteiger partial charge >= 0.3 is 5.69 Å². The number of nitrogens with one attached hydrogen (secondary N) is 3. The molecule has 0 atom stereocenters. The average Bonchev–Trinajstić information content (AvgIpc) is 2.91. The summed E-state index contributed by atoms with van der Waals surface area (Å²) < 4.78 is 6.15. The highest BCUT2D eigenvalue weighted by molar-refractivity contribution is 5.60. The second kappa shape index (κ2) is 6.06. The Kier molecular flexibility index (Phi) is 4.20. The molecule has 0 saturated carbocycles. The van der Waals surface area contributed by atoms with Crippen LogP contribution in [0.3, 0.4) is 0 Å². The molecule has 0 aliphatic heterocycles. The minimum atomic E-state index is -0.559. The SMILES string of the molecule is COCCn1c(N)c(NCc2ccn[nH]2)c(=O)[nH]c1=O. The molecule has 20 heavy (non-hydrogen) atoms. The highest BCUT2D eigenvalue weighted by atomic mass is 16.5. The first-order chi connectivity index (χ1) is 9.63. The highest BCUT2D eigenvalue weighted by Gasteiger charge is 2.11. The summed E-state index contributed by atoms with van der Waals surface area (Å²) >= 11 is 0. The molecule has 0 fully saturated rings. The lowest BCUT2D eigenvalue weighted by molar-refractivity contribution is 0.186. The van der Waals surface area contributed by atoms with E-state index in [4.69, 9.17) is 10.5 Å². The fourth-order valence-electron chi connectivity index (χ4n) is 1.73. The van der Waals surface area contributed by atoms with Crippen LogP contribution in [0, 0.1) is 0 Å². The molecule has 9 nitrogen and oxygen atoms in total. The van der Waals surface area contributed by atoms with Crippen LogP contribution in [0.15, 0.2) is 21.9 Å². The van der Waals surface area contributed by atoms with Gasteiger partial charge in [0.15, 0.2) is 0 Å². The fraction of sp³-hybridized carbons (Fsp3) is 0.364. The molecule has 0 spiro atoms. The van der Waals surface area contributed by atoms with Gasteiger partial charge in [-0.05, 0) is 6.07 Å². The van der Waals surface area contributed by atoms with Crippen LogP contribution >= 0.6 is 0 Å². The normalized spacial score (nSPS) is 10.7. The van der Waals surface area contributed by atoms with Crippen molar-refractivity contribution in [1.82, 2.24) is 19.7 Å². The molecule has 5 N–H and O–H groups in total. The molecular weight excluding hydrogens is 264 g/mol. The zero-order valence-electron chi connectivity index (χ0n) is 11.0. The van der Waals surface area contributed by atoms with Crippen molar-refractivity contribution in [3.63, 3.8) is 0 Å². The number of ether oxygens (including phenoxy) is 1. The number of hydrogen-bond acceptors (Lipinski definition) is 6. The Morgan fingerprint density at radius 2 is 2.30 bits per heavy atom. The number of anilines is 2. The number of aromatic amines is 2. The Labute approximate surface area is 113 Å². The first-order valence-corrected chi connectivity index (χ1v) is 5.97. The molecule has 2 aromatic heterocycles. The number of hydrogen-bond donors (Lipinski definition) is 4. The van der Waals surface area contributed by atoms with Gasteiger partial charge in [0.2, 0.25) is 0 Å². The maximum atomic E-state index is 11.8. The van der Waals surface area contributed by atoms with E-state index in [0.717, 1.165) is 5.69 Å². The number of aromatic nitrogens is 4. The predicted octanol–water partition coefficient (Wildman–Crippen LogP) is -0.900. The van der Waals surface area contributed by atoms with Gasteiger partial charge in [0.05, 0.1) is 25.4 Å². The van der Waals surface area contributed by atoms with Crippen molar-refractivity contribution in [3.8, 4) is 0 Å². The van der Waals surface area contributed by atoms with Crippen LogP contribution in [-0.4, -0.2) is 33.5 Å². The van der Waals surface area contributed by atoms with Crippen LogP contribution in [0.2, 0.25) is 0 Å². The first-order valence-electron chi connectivity index (χ1n) is 5.97. The molecule has 2 heterocycles. The topological polar surface area (TPSA) is 131 Å². The van der Waals surface area contributed by atoms with Gasteiger partial charge in [0.25, 0.3) is 5.56 Å². The van der Waals surface area contributed by atoms with Crippen LogP contribution < -0.4 is 22.3 Å². The molecular formula is C11H16N6O3. The van der Waals surface area contributed by atoms with Crippen molar-refractivity contribution >= 4 is 11.5 Å². The fourth-order valence-corrected chi connectivity index (χ4v) is 1.73. The van der Waals surface area contributed by atoms with Crippen LogP contribution in [0.4, 0.5) is 11.5 Å². The van der Waals surface area contributed by atoms with Crippen molar-refractivity contribution in [3.05, 3.63) is 38.8 Å². The lowest BCUT2D eigenvalue weighted by Gasteiger charge is -2.13. The van der Waals surface area contributed by atoms with Gasteiger partial charge in [0, 0.05) is 13.3 Å². The number of nitrogens with two attached hydrogens (primary N) is 1. The molecule has 2 aromatic rings. The number of nitrogens with zero attached hydrogens (tertiary/aromatic N) is 2. The average molecular weight is 280 g/mol. The molecule has 2 rings (SSSR count). The van der Waals surface area contributed by atoms with Gasteiger partial charge in [-0.25, -0.2) is 4.79 Å². The van der Waals surface area contributed by atoms with E-state index in [-0.39, 0.29) is 18.1 Å². The molecule has 108 valence electrons. The highest BCUT2D eigenvalue weighted by Crippen LogP contribution is 2.10. The van der Waals surface area contributed by atoms with Gasteiger partial charge in [-0.1, -0.05) is 0 Å². The van der Waals surface area contributed by atoms with Crippen molar-refractivity contribution in [2.75, 3.05) is 24.8 Å². The molecule has 0 aliphatic carbocycles. The molecule has 0 aromatic carbocycles. The Hall–Kier alpha value is -2.55. The molecule has 0 bridgehead atoms. The van der Waals surface area contributed by atoms with Crippen molar-refractivity contribution in [1.29, 1.82) is 0 Å². The van der Waals surface area contributed by atoms with Crippen molar-refractivity contribution < 1.29 is 4.74 Å². The minimum absolute atomic E-state index is 0.0790. The van der Waals surface area contributed by atoms with E-state index in [9.17, 15) is 9.59 Å². The summed E-state index contributed by atoms with van der Waals surface area (Å²) in [6.45, 7) is 0.919. The van der Waals surface area contributed by atoms with Gasteiger partial charge < -0.3 is 15.8 Å². The summed E-state index contributed by atoms with van der Waals surface area (Å²) in [6, 6.07) is 1.76. The van der Waals surface area contributed by atoms with Gasteiger partial charge in [-0.3, -0.25) is 19.4 Å². The maximum Gasteiger partial charge on any atom is 0.330 e. The first kappa shape index (κ1) is 13.9. The van der Waals surface area contributed by atoms with E-state index < -0.39 is 11.2 Å². The van der Waals surface area contributed by atoms with E-state index in [1.54, 1.807) is 12.3 Å². The summed E-state index contributed by atoms with van der Waals surface area (Å²) in [5.41, 5.74) is 5.69. The zero-order valence-corrected chi connectivity index (χ0v) is 11.0. The van der Waals surface area contributed by atoms with Crippen molar-refractivity contribution in [2.24, 2.45) is 0 Å². The van der Waals surface area contributed by atoms with E-state index in [0.29, 0.717) is 13.2 Å². The van der Waals surface area contributed by atoms with Gasteiger partial charge in [0.1, 0.15) is 11.5 Å². The number of methoxy groups -OCH3 is 1. The van der Waals surface area contributed by atoms with Crippen LogP contribution in [-0.2, 0) is 17.8 Å². The predicted molar refractivity (Wildman–Crippen MR) is 73.5 cm³/mol. The largest absolute Gasteiger partial charge is 0.383 e. The third-order valence-corrected chi connectivity index (χ3v) is 2.77. The molecule has 0 unspecified atom stereocenters. The Bertz CT molecular complexity index is 672. The lowest BCUT2D eigenvalue weighted by atomic mass is 10.4. The number of rotatable bonds is 6. The summed E-state index contributed by atoms with van der Waals surface area (Å²) in [7, 11) is 1.52. The zero-order chi connectivity index (χ0) is 14.5. The Morgan fingerprint density at radius 3 is 2.95 bits per heavy atom. The monoisotopic (exact) mass is 280 g/mol. The van der Waals surface area contributed by atoms with Gasteiger partial charge in [-0.2, -0.15) is 5.10 Å². The summed E-state index contributed by atoms with van der Waals surface area (Å²) in [5, 5.41) is 9.44. The van der Waals surface area contributed by atoms with Crippen LogP contribution in [0.25, 0.3) is 0 Å². The summed E-state index contributed by atoms with van der Waals surface area (Å²) in [4.78, 5) is 25.7. The third-order valence-electron chi connectivity index (χ3n) is 2.77. The Morgan fingerprint density at radius 1 is 1.50 bits per heavy atom. The standard InChI is InChI=1S/C11H16N6O3/c1-20-5-4-17-9(12)8(10(18)15-11(17)19)13-6-7-2-3-14-16-7/h2-3,13H,4-6,12H2,1H3,(H,14,16)(H,15,18,19). The lowest BCUT2D eigenvalue weighted by Crippen LogP contribution is -2.34.